The van der Waals surface area contributed by atoms with Crippen LogP contribution in [0.3, 0.4) is 0 Å². The summed E-state index contributed by atoms with van der Waals surface area (Å²) in [5, 5.41) is 10.8. The normalized spacial score (nSPS) is 11.5. The highest BCUT2D eigenvalue weighted by molar-refractivity contribution is 7.80. The Bertz CT molecular complexity index is 1220. The zero-order chi connectivity index (χ0) is 21.3. The van der Waals surface area contributed by atoms with Gasteiger partial charge in [-0.25, -0.2) is 4.68 Å². The third-order valence-electron chi connectivity index (χ3n) is 4.27. The molecule has 30 heavy (non-hydrogen) atoms. The summed E-state index contributed by atoms with van der Waals surface area (Å²) < 4.78 is 40.7. The summed E-state index contributed by atoms with van der Waals surface area (Å²) >= 11 is 10.8. The number of pyridine rings is 1. The van der Waals surface area contributed by atoms with Crippen molar-refractivity contribution in [3.8, 4) is 5.69 Å². The maximum absolute atomic E-state index is 13.0. The number of hydrogen-bond donors (Lipinski definition) is 2. The Morgan fingerprint density at radius 3 is 2.40 bits per heavy atom. The lowest BCUT2D eigenvalue weighted by Crippen LogP contribution is -2.19. The number of thiocarbonyl (C=S) groups is 1. The van der Waals surface area contributed by atoms with E-state index in [0.717, 1.165) is 22.7 Å². The zero-order valence-corrected chi connectivity index (χ0v) is 16.7. The van der Waals surface area contributed by atoms with Crippen molar-refractivity contribution < 1.29 is 13.2 Å². The molecule has 0 unspecified atom stereocenters. The molecule has 10 heteroatoms. The topological polar surface area (TPSA) is 54.8 Å². The van der Waals surface area contributed by atoms with Crippen molar-refractivity contribution in [2.75, 3.05) is 10.6 Å². The molecule has 5 nitrogen and oxygen atoms in total. The number of alkyl halides is 3. The van der Waals surface area contributed by atoms with Crippen molar-refractivity contribution in [2.24, 2.45) is 0 Å². The van der Waals surface area contributed by atoms with Crippen LogP contribution in [0.2, 0.25) is 5.02 Å². The lowest BCUT2D eigenvalue weighted by Gasteiger charge is -2.14. The van der Waals surface area contributed by atoms with Gasteiger partial charge in [0.25, 0.3) is 0 Å². The van der Waals surface area contributed by atoms with Crippen molar-refractivity contribution in [3.05, 3.63) is 77.7 Å². The van der Waals surface area contributed by atoms with Gasteiger partial charge in [-0.2, -0.15) is 18.3 Å². The average molecular weight is 448 g/mol. The summed E-state index contributed by atoms with van der Waals surface area (Å²) in [6.45, 7) is 0. The Morgan fingerprint density at radius 1 is 0.967 bits per heavy atom. The monoisotopic (exact) mass is 447 g/mol. The van der Waals surface area contributed by atoms with Gasteiger partial charge in [-0.05, 0) is 60.7 Å². The first-order valence-corrected chi connectivity index (χ1v) is 9.43. The van der Waals surface area contributed by atoms with E-state index in [4.69, 9.17) is 23.8 Å². The number of aromatic nitrogens is 3. The number of benzene rings is 2. The van der Waals surface area contributed by atoms with E-state index in [1.165, 1.54) is 12.1 Å². The Balaban J connectivity index is 1.47. The Labute approximate surface area is 179 Å². The number of nitrogens with one attached hydrogen (secondary N) is 2. The molecule has 2 N–H and O–H groups in total. The molecular formula is C20H13ClF3N5S. The molecule has 152 valence electrons. The van der Waals surface area contributed by atoms with Crippen LogP contribution in [0.25, 0.3) is 16.6 Å². The number of nitrogens with zero attached hydrogens (tertiary/aromatic N) is 3. The molecule has 4 aromatic rings. The molecule has 0 aliphatic heterocycles. The molecule has 0 atom stereocenters. The largest absolute Gasteiger partial charge is 0.417 e. The lowest BCUT2D eigenvalue weighted by atomic mass is 10.2. The predicted molar refractivity (Wildman–Crippen MR) is 115 cm³/mol. The fourth-order valence-electron chi connectivity index (χ4n) is 2.87. The molecule has 0 radical (unpaired) electrons. The van der Waals surface area contributed by atoms with E-state index in [1.54, 1.807) is 35.4 Å². The van der Waals surface area contributed by atoms with Crippen molar-refractivity contribution in [1.29, 1.82) is 0 Å². The van der Waals surface area contributed by atoms with Gasteiger partial charge in [0.1, 0.15) is 0 Å². The van der Waals surface area contributed by atoms with Gasteiger partial charge in [0.2, 0.25) is 0 Å². The summed E-state index contributed by atoms with van der Waals surface area (Å²) in [5.74, 6) is 0. The minimum atomic E-state index is -4.55. The molecule has 0 saturated carbocycles. The minimum absolute atomic E-state index is 0.145. The maximum Gasteiger partial charge on any atom is 0.417 e. The smallest absolute Gasteiger partial charge is 0.332 e. The van der Waals surface area contributed by atoms with Crippen LogP contribution in [0.1, 0.15) is 5.56 Å². The third-order valence-corrected chi connectivity index (χ3v) is 4.81. The van der Waals surface area contributed by atoms with Crippen molar-refractivity contribution in [3.63, 3.8) is 0 Å². The fraction of sp³-hybridized carbons (Fsp3) is 0.0500. The molecule has 0 bridgehead atoms. The molecule has 0 spiro atoms. The second kappa shape index (κ2) is 7.92. The number of fused-ring (bicyclic) bond motifs is 1. The van der Waals surface area contributed by atoms with Crippen LogP contribution in [0.5, 0.6) is 0 Å². The molecule has 2 heterocycles. The standard InChI is InChI=1S/C20H13ClF3N5S/c21-17-6-3-14(9-16(17)20(22,23)24)28-19(30)27-13-1-4-15(5-2-13)29-18-11-25-8-7-12(18)10-26-29/h1-11H,(H2,27,28,30). The SMILES string of the molecule is FC(F)(F)c1cc(NC(=S)Nc2ccc(-n3ncc4ccncc43)cc2)ccc1Cl. The van der Waals surface area contributed by atoms with E-state index in [1.807, 2.05) is 18.2 Å². The number of rotatable bonds is 3. The summed E-state index contributed by atoms with van der Waals surface area (Å²) in [7, 11) is 0. The van der Waals surface area contributed by atoms with E-state index in [9.17, 15) is 13.2 Å². The maximum atomic E-state index is 13.0. The Hall–Kier alpha value is -3.17. The average Bonchev–Trinajstić information content (AvgIpc) is 3.13. The van der Waals surface area contributed by atoms with E-state index in [-0.39, 0.29) is 15.8 Å². The highest BCUT2D eigenvalue weighted by Gasteiger charge is 2.33. The first-order chi connectivity index (χ1) is 14.3. The van der Waals surface area contributed by atoms with Gasteiger partial charge in [-0.3, -0.25) is 4.98 Å². The molecule has 0 saturated heterocycles. The van der Waals surface area contributed by atoms with Gasteiger partial charge in [0, 0.05) is 23.0 Å². The van der Waals surface area contributed by atoms with Gasteiger partial charge in [-0.1, -0.05) is 11.6 Å². The summed E-state index contributed by atoms with van der Waals surface area (Å²) in [5.41, 5.74) is 1.61. The first kappa shape index (κ1) is 20.1. The number of halogens is 4. The van der Waals surface area contributed by atoms with E-state index >= 15 is 0 Å². The molecule has 0 aliphatic rings. The van der Waals surface area contributed by atoms with E-state index < -0.39 is 11.7 Å². The van der Waals surface area contributed by atoms with Crippen LogP contribution in [-0.2, 0) is 6.18 Å². The molecule has 0 amide bonds. The van der Waals surface area contributed by atoms with Crippen molar-refractivity contribution >= 4 is 51.2 Å². The van der Waals surface area contributed by atoms with Crippen LogP contribution in [-0.4, -0.2) is 19.9 Å². The van der Waals surface area contributed by atoms with Gasteiger partial charge in [-0.15, -0.1) is 0 Å². The van der Waals surface area contributed by atoms with Crippen molar-refractivity contribution in [2.45, 2.75) is 6.18 Å². The highest BCUT2D eigenvalue weighted by Crippen LogP contribution is 2.36. The van der Waals surface area contributed by atoms with Gasteiger partial charge in [0.15, 0.2) is 5.11 Å². The van der Waals surface area contributed by atoms with Gasteiger partial charge >= 0.3 is 6.18 Å². The minimum Gasteiger partial charge on any atom is -0.332 e. The Morgan fingerprint density at radius 2 is 1.67 bits per heavy atom. The molecule has 0 aliphatic carbocycles. The first-order valence-electron chi connectivity index (χ1n) is 8.64. The fourth-order valence-corrected chi connectivity index (χ4v) is 3.33. The Kier molecular flexibility index (Phi) is 5.31. The second-order valence-corrected chi connectivity index (χ2v) is 7.12. The van der Waals surface area contributed by atoms with Crippen LogP contribution in [0, 0.1) is 0 Å². The van der Waals surface area contributed by atoms with E-state index in [2.05, 4.69) is 20.7 Å². The second-order valence-electron chi connectivity index (χ2n) is 6.31. The third kappa shape index (κ3) is 4.22. The highest BCUT2D eigenvalue weighted by atomic mass is 35.5. The van der Waals surface area contributed by atoms with Crippen LogP contribution < -0.4 is 10.6 Å². The molecule has 4 rings (SSSR count). The molecule has 2 aromatic carbocycles. The summed E-state index contributed by atoms with van der Waals surface area (Å²) in [4.78, 5) is 4.12. The van der Waals surface area contributed by atoms with Gasteiger partial charge < -0.3 is 10.6 Å². The quantitative estimate of drug-likeness (QED) is 0.383. The number of anilines is 2. The van der Waals surface area contributed by atoms with Crippen LogP contribution in [0.4, 0.5) is 24.5 Å². The predicted octanol–water partition coefficient (Wildman–Crippen LogP) is 5.90. The van der Waals surface area contributed by atoms with Crippen LogP contribution in [0.15, 0.2) is 67.1 Å². The van der Waals surface area contributed by atoms with Crippen LogP contribution >= 0.6 is 23.8 Å². The molecular weight excluding hydrogens is 435 g/mol. The molecule has 2 aromatic heterocycles. The van der Waals surface area contributed by atoms with Crippen molar-refractivity contribution in [1.82, 2.24) is 14.8 Å². The zero-order valence-electron chi connectivity index (χ0n) is 15.1. The van der Waals surface area contributed by atoms with Gasteiger partial charge in [0.05, 0.1) is 34.2 Å². The number of hydrogen-bond acceptors (Lipinski definition) is 3. The lowest BCUT2D eigenvalue weighted by molar-refractivity contribution is -0.137. The van der Waals surface area contributed by atoms with E-state index in [0.29, 0.717) is 5.69 Å². The molecule has 0 fully saturated rings. The summed E-state index contributed by atoms with van der Waals surface area (Å²) in [6, 6.07) is 12.6. The summed E-state index contributed by atoms with van der Waals surface area (Å²) in [6.07, 6.45) is 0.637.